The summed E-state index contributed by atoms with van der Waals surface area (Å²) < 4.78 is 0. The van der Waals surface area contributed by atoms with Gasteiger partial charge in [0.05, 0.1) is 0 Å². The molecular weight excluding hydrogens is 216 g/mol. The third-order valence-corrected chi connectivity index (χ3v) is 3.72. The van der Waals surface area contributed by atoms with Gasteiger partial charge in [-0.25, -0.2) is 4.79 Å². The summed E-state index contributed by atoms with van der Waals surface area (Å²) in [4.78, 5) is 13.7. The summed E-state index contributed by atoms with van der Waals surface area (Å²) in [7, 11) is 1.70. The molecular formula is C12H22N4O. The van der Waals surface area contributed by atoms with Crippen molar-refractivity contribution in [1.29, 1.82) is 0 Å². The van der Waals surface area contributed by atoms with Crippen LogP contribution < -0.4 is 10.7 Å². The quantitative estimate of drug-likeness (QED) is 0.720. The first-order valence-corrected chi connectivity index (χ1v) is 6.53. The van der Waals surface area contributed by atoms with Crippen molar-refractivity contribution in [2.45, 2.75) is 38.6 Å². The zero-order chi connectivity index (χ0) is 12.3. The summed E-state index contributed by atoms with van der Waals surface area (Å²) in [5.41, 5.74) is 4.45. The van der Waals surface area contributed by atoms with Crippen LogP contribution in [0.5, 0.6) is 0 Å². The summed E-state index contributed by atoms with van der Waals surface area (Å²) >= 11 is 0. The predicted molar refractivity (Wildman–Crippen MR) is 68.0 cm³/mol. The van der Waals surface area contributed by atoms with Crippen LogP contribution in [0, 0.1) is 5.92 Å². The Hall–Kier alpha value is -1.26. The molecule has 2 N–H and O–H groups in total. The second-order valence-corrected chi connectivity index (χ2v) is 4.86. The number of fused-ring (bicyclic) bond motifs is 2. The Bertz CT molecular complexity index is 316. The Morgan fingerprint density at radius 2 is 2.47 bits per heavy atom. The molecule has 2 amide bonds. The molecule has 0 spiro atoms. The van der Waals surface area contributed by atoms with Crippen molar-refractivity contribution in [3.05, 3.63) is 0 Å². The number of nitrogens with one attached hydrogen (secondary N) is 2. The van der Waals surface area contributed by atoms with E-state index in [1.807, 2.05) is 4.90 Å². The molecule has 2 atom stereocenters. The SMILES string of the molecule is CCC1=NNC2CCCN(C(=O)NC)CC1C2. The maximum Gasteiger partial charge on any atom is 0.317 e. The highest BCUT2D eigenvalue weighted by molar-refractivity contribution is 5.87. The predicted octanol–water partition coefficient (Wildman–Crippen LogP) is 1.17. The van der Waals surface area contributed by atoms with Gasteiger partial charge in [0, 0.05) is 37.8 Å². The van der Waals surface area contributed by atoms with Gasteiger partial charge in [0.15, 0.2) is 0 Å². The van der Waals surface area contributed by atoms with Gasteiger partial charge in [-0.15, -0.1) is 0 Å². The normalized spacial score (nSPS) is 28.6. The number of hydrogen-bond donors (Lipinski definition) is 2. The van der Waals surface area contributed by atoms with E-state index < -0.39 is 0 Å². The Morgan fingerprint density at radius 1 is 1.65 bits per heavy atom. The molecule has 2 heterocycles. The van der Waals surface area contributed by atoms with E-state index in [9.17, 15) is 4.79 Å². The first-order valence-electron chi connectivity index (χ1n) is 6.53. The van der Waals surface area contributed by atoms with Crippen LogP contribution >= 0.6 is 0 Å². The zero-order valence-corrected chi connectivity index (χ0v) is 10.7. The molecule has 0 saturated carbocycles. The highest BCUT2D eigenvalue weighted by Gasteiger charge is 2.29. The van der Waals surface area contributed by atoms with E-state index >= 15 is 0 Å². The lowest BCUT2D eigenvalue weighted by molar-refractivity contribution is 0.181. The number of hydrogen-bond acceptors (Lipinski definition) is 3. The third kappa shape index (κ3) is 2.70. The molecule has 96 valence electrons. The zero-order valence-electron chi connectivity index (χ0n) is 10.7. The highest BCUT2D eigenvalue weighted by atomic mass is 16.2. The molecule has 1 fully saturated rings. The Morgan fingerprint density at radius 3 is 3.18 bits per heavy atom. The molecule has 1 saturated heterocycles. The summed E-state index contributed by atoms with van der Waals surface area (Å²) in [5, 5.41) is 7.18. The molecule has 5 nitrogen and oxygen atoms in total. The lowest BCUT2D eigenvalue weighted by atomic mass is 9.88. The minimum atomic E-state index is 0.0393. The van der Waals surface area contributed by atoms with Crippen LogP contribution in [0.25, 0.3) is 0 Å². The van der Waals surface area contributed by atoms with Gasteiger partial charge in [0.1, 0.15) is 0 Å². The van der Waals surface area contributed by atoms with Gasteiger partial charge in [-0.1, -0.05) is 6.92 Å². The van der Waals surface area contributed by atoms with Gasteiger partial charge in [-0.05, 0) is 25.7 Å². The lowest BCUT2D eigenvalue weighted by Gasteiger charge is -2.36. The minimum absolute atomic E-state index is 0.0393. The van der Waals surface area contributed by atoms with E-state index in [0.29, 0.717) is 12.0 Å². The number of nitrogens with zero attached hydrogens (tertiary/aromatic N) is 2. The van der Waals surface area contributed by atoms with Crippen molar-refractivity contribution in [3.63, 3.8) is 0 Å². The fourth-order valence-electron chi connectivity index (χ4n) is 2.76. The molecule has 0 aromatic heterocycles. The summed E-state index contributed by atoms with van der Waals surface area (Å²) in [6.07, 6.45) is 4.23. The topological polar surface area (TPSA) is 56.7 Å². The number of hydrazone groups is 1. The molecule has 0 aromatic rings. The van der Waals surface area contributed by atoms with Gasteiger partial charge in [-0.3, -0.25) is 0 Å². The fourth-order valence-corrected chi connectivity index (χ4v) is 2.76. The van der Waals surface area contributed by atoms with E-state index in [2.05, 4.69) is 22.8 Å². The minimum Gasteiger partial charge on any atom is -0.341 e. The second kappa shape index (κ2) is 5.38. The summed E-state index contributed by atoms with van der Waals surface area (Å²) in [5.74, 6) is 0.434. The summed E-state index contributed by atoms with van der Waals surface area (Å²) in [6, 6.07) is 0.541. The van der Waals surface area contributed by atoms with Crippen molar-refractivity contribution >= 4 is 11.7 Å². The van der Waals surface area contributed by atoms with E-state index in [1.54, 1.807) is 7.05 Å². The van der Waals surface area contributed by atoms with Crippen molar-refractivity contribution in [2.24, 2.45) is 11.0 Å². The van der Waals surface area contributed by atoms with E-state index in [1.165, 1.54) is 5.71 Å². The summed E-state index contributed by atoms with van der Waals surface area (Å²) in [6.45, 7) is 3.79. The van der Waals surface area contributed by atoms with Crippen molar-refractivity contribution in [1.82, 2.24) is 15.6 Å². The molecule has 0 radical (unpaired) electrons. The van der Waals surface area contributed by atoms with Gasteiger partial charge < -0.3 is 15.6 Å². The van der Waals surface area contributed by atoms with Gasteiger partial charge in [0.2, 0.25) is 0 Å². The van der Waals surface area contributed by atoms with Crippen LogP contribution in [-0.4, -0.2) is 42.8 Å². The van der Waals surface area contributed by atoms with Crippen LogP contribution in [0.4, 0.5) is 4.79 Å². The van der Waals surface area contributed by atoms with Crippen LogP contribution in [0.15, 0.2) is 5.10 Å². The average molecular weight is 238 g/mol. The van der Waals surface area contributed by atoms with E-state index in [-0.39, 0.29) is 6.03 Å². The number of carbonyl (C=O) groups is 1. The molecule has 2 aliphatic rings. The van der Waals surface area contributed by atoms with Crippen LogP contribution in [0.3, 0.4) is 0 Å². The van der Waals surface area contributed by atoms with Gasteiger partial charge in [0.25, 0.3) is 0 Å². The lowest BCUT2D eigenvalue weighted by Crippen LogP contribution is -2.48. The van der Waals surface area contributed by atoms with Crippen molar-refractivity contribution in [3.8, 4) is 0 Å². The standard InChI is InChI=1S/C12H22N4O/c1-3-11-9-7-10(14-15-11)5-4-6-16(8-9)12(17)13-2/h9-10,14H,3-8H2,1-2H3,(H,13,17). The van der Waals surface area contributed by atoms with Crippen molar-refractivity contribution in [2.75, 3.05) is 20.1 Å². The molecule has 0 aromatic carbocycles. The number of rotatable bonds is 1. The Labute approximate surface area is 103 Å². The highest BCUT2D eigenvalue weighted by Crippen LogP contribution is 2.23. The molecule has 2 aliphatic heterocycles. The van der Waals surface area contributed by atoms with Crippen LogP contribution in [-0.2, 0) is 0 Å². The number of urea groups is 1. The molecule has 0 aliphatic carbocycles. The first-order chi connectivity index (χ1) is 8.24. The maximum atomic E-state index is 11.7. The number of carbonyl (C=O) groups excluding carboxylic acids is 1. The van der Waals surface area contributed by atoms with Gasteiger partial charge in [-0.2, -0.15) is 5.10 Å². The molecule has 2 bridgehead atoms. The van der Waals surface area contributed by atoms with E-state index in [0.717, 1.165) is 38.8 Å². The van der Waals surface area contributed by atoms with E-state index in [4.69, 9.17) is 0 Å². The molecule has 17 heavy (non-hydrogen) atoms. The van der Waals surface area contributed by atoms with Crippen LogP contribution in [0.1, 0.15) is 32.6 Å². The first kappa shape index (κ1) is 12.2. The van der Waals surface area contributed by atoms with Gasteiger partial charge >= 0.3 is 6.03 Å². The average Bonchev–Trinajstić information content (AvgIpc) is 2.34. The molecule has 5 heteroatoms. The number of likely N-dealkylation sites (tertiary alicyclic amines) is 1. The monoisotopic (exact) mass is 238 g/mol. The maximum absolute atomic E-state index is 11.7. The fraction of sp³-hybridized carbons (Fsp3) is 0.833. The van der Waals surface area contributed by atoms with Crippen LogP contribution in [0.2, 0.25) is 0 Å². The Kier molecular flexibility index (Phi) is 3.86. The second-order valence-electron chi connectivity index (χ2n) is 4.86. The molecule has 2 unspecified atom stereocenters. The smallest absolute Gasteiger partial charge is 0.317 e. The van der Waals surface area contributed by atoms with Crippen molar-refractivity contribution < 1.29 is 4.79 Å². The largest absolute Gasteiger partial charge is 0.341 e. The number of amides is 2. The Balaban J connectivity index is 2.10. The third-order valence-electron chi connectivity index (χ3n) is 3.72. The molecule has 2 rings (SSSR count).